The SMILES string of the molecule is Oc1ccc(Cl)c(F)c1C=NNc1ccccc1. The van der Waals surface area contributed by atoms with Gasteiger partial charge in [0.15, 0.2) is 5.82 Å². The van der Waals surface area contributed by atoms with Gasteiger partial charge in [0.2, 0.25) is 0 Å². The van der Waals surface area contributed by atoms with Gasteiger partial charge < -0.3 is 5.11 Å². The van der Waals surface area contributed by atoms with Gasteiger partial charge in [0.25, 0.3) is 0 Å². The lowest BCUT2D eigenvalue weighted by atomic mass is 10.2. The summed E-state index contributed by atoms with van der Waals surface area (Å²) in [6.45, 7) is 0. The van der Waals surface area contributed by atoms with Gasteiger partial charge in [0, 0.05) is 0 Å². The third kappa shape index (κ3) is 2.78. The van der Waals surface area contributed by atoms with E-state index >= 15 is 0 Å². The molecule has 2 aromatic carbocycles. The number of phenols is 1. The number of phenolic OH excluding ortho intramolecular Hbond substituents is 1. The van der Waals surface area contributed by atoms with Crippen LogP contribution in [0.5, 0.6) is 5.75 Å². The molecular weight excluding hydrogens is 255 g/mol. The smallest absolute Gasteiger partial charge is 0.154 e. The second-order valence-electron chi connectivity index (χ2n) is 3.53. The highest BCUT2D eigenvalue weighted by Crippen LogP contribution is 2.24. The van der Waals surface area contributed by atoms with Crippen LogP contribution >= 0.6 is 11.6 Å². The molecule has 2 aromatic rings. The molecule has 5 heteroatoms. The maximum atomic E-state index is 13.6. The summed E-state index contributed by atoms with van der Waals surface area (Å²) < 4.78 is 13.6. The van der Waals surface area contributed by atoms with E-state index in [9.17, 15) is 9.50 Å². The van der Waals surface area contributed by atoms with Crippen LogP contribution in [-0.2, 0) is 0 Å². The fourth-order valence-electron chi connectivity index (χ4n) is 1.36. The summed E-state index contributed by atoms with van der Waals surface area (Å²) in [4.78, 5) is 0. The number of hydrogen-bond donors (Lipinski definition) is 2. The minimum Gasteiger partial charge on any atom is -0.507 e. The van der Waals surface area contributed by atoms with Crippen LogP contribution < -0.4 is 5.43 Å². The Labute approximate surface area is 109 Å². The van der Waals surface area contributed by atoms with Gasteiger partial charge >= 0.3 is 0 Å². The Kier molecular flexibility index (Phi) is 3.79. The average Bonchev–Trinajstić information content (AvgIpc) is 2.39. The zero-order chi connectivity index (χ0) is 13.0. The molecule has 3 nitrogen and oxygen atoms in total. The standard InChI is InChI=1S/C13H10ClFN2O/c14-11-6-7-12(18)10(13(11)15)8-16-17-9-4-2-1-3-5-9/h1-8,17-18H. The van der Waals surface area contributed by atoms with Crippen LogP contribution in [0.4, 0.5) is 10.1 Å². The fourth-order valence-corrected chi connectivity index (χ4v) is 1.53. The van der Waals surface area contributed by atoms with Crippen LogP contribution in [0.15, 0.2) is 47.6 Å². The summed E-state index contributed by atoms with van der Waals surface area (Å²) in [5.74, 6) is -0.911. The van der Waals surface area contributed by atoms with E-state index in [0.29, 0.717) is 0 Å². The third-order valence-electron chi connectivity index (χ3n) is 2.27. The molecule has 2 rings (SSSR count). The Morgan fingerprint density at radius 2 is 1.89 bits per heavy atom. The van der Waals surface area contributed by atoms with E-state index < -0.39 is 5.82 Å². The van der Waals surface area contributed by atoms with Crippen LogP contribution in [-0.4, -0.2) is 11.3 Å². The summed E-state index contributed by atoms with van der Waals surface area (Å²) in [6, 6.07) is 11.8. The predicted molar refractivity (Wildman–Crippen MR) is 70.7 cm³/mol. The van der Waals surface area contributed by atoms with Crippen molar-refractivity contribution in [3.8, 4) is 5.75 Å². The first-order valence-corrected chi connectivity index (χ1v) is 5.57. The lowest BCUT2D eigenvalue weighted by Crippen LogP contribution is -1.94. The second kappa shape index (κ2) is 5.51. The number of nitrogens with one attached hydrogen (secondary N) is 1. The highest BCUT2D eigenvalue weighted by Gasteiger charge is 2.09. The average molecular weight is 265 g/mol. The lowest BCUT2D eigenvalue weighted by Gasteiger charge is -2.03. The molecule has 0 spiro atoms. The first-order chi connectivity index (χ1) is 8.68. The minimum absolute atomic E-state index is 0.0501. The van der Waals surface area contributed by atoms with E-state index in [0.717, 1.165) is 5.69 Å². The predicted octanol–water partition coefficient (Wildman–Crippen LogP) is 3.63. The Morgan fingerprint density at radius 3 is 2.61 bits per heavy atom. The molecule has 0 fully saturated rings. The minimum atomic E-state index is -0.699. The number of halogens is 2. The Hall–Kier alpha value is -2.07. The Bertz CT molecular complexity index is 573. The van der Waals surface area contributed by atoms with E-state index in [1.165, 1.54) is 18.3 Å². The molecule has 0 amide bonds. The van der Waals surface area contributed by atoms with Crippen molar-refractivity contribution in [3.05, 3.63) is 58.9 Å². The van der Waals surface area contributed by atoms with Gasteiger partial charge in [0.1, 0.15) is 5.75 Å². The Morgan fingerprint density at radius 1 is 1.17 bits per heavy atom. The molecule has 0 aliphatic carbocycles. The highest BCUT2D eigenvalue weighted by atomic mass is 35.5. The fraction of sp³-hybridized carbons (Fsp3) is 0. The van der Waals surface area contributed by atoms with Crippen molar-refractivity contribution in [1.82, 2.24) is 0 Å². The second-order valence-corrected chi connectivity index (χ2v) is 3.94. The number of rotatable bonds is 3. The van der Waals surface area contributed by atoms with Crippen molar-refractivity contribution in [2.45, 2.75) is 0 Å². The van der Waals surface area contributed by atoms with Gasteiger partial charge in [0.05, 0.1) is 22.5 Å². The molecule has 0 atom stereocenters. The van der Waals surface area contributed by atoms with Crippen molar-refractivity contribution in [1.29, 1.82) is 0 Å². The number of anilines is 1. The van der Waals surface area contributed by atoms with Crippen LogP contribution in [0, 0.1) is 5.82 Å². The first-order valence-electron chi connectivity index (χ1n) is 5.19. The number of hydrazone groups is 1. The molecule has 18 heavy (non-hydrogen) atoms. The van der Waals surface area contributed by atoms with E-state index in [1.54, 1.807) is 0 Å². The van der Waals surface area contributed by atoms with Gasteiger partial charge in [-0.25, -0.2) is 4.39 Å². The van der Waals surface area contributed by atoms with E-state index in [2.05, 4.69) is 10.5 Å². The molecule has 0 aliphatic rings. The van der Waals surface area contributed by atoms with Crippen molar-refractivity contribution in [3.63, 3.8) is 0 Å². The molecule has 0 unspecified atom stereocenters. The number of aromatic hydroxyl groups is 1. The largest absolute Gasteiger partial charge is 0.507 e. The van der Waals surface area contributed by atoms with E-state index in [1.807, 2.05) is 30.3 Å². The summed E-state index contributed by atoms with van der Waals surface area (Å²) in [5.41, 5.74) is 3.43. The van der Waals surface area contributed by atoms with Gasteiger partial charge in [-0.3, -0.25) is 5.43 Å². The molecule has 0 saturated heterocycles. The van der Waals surface area contributed by atoms with E-state index in [-0.39, 0.29) is 16.3 Å². The van der Waals surface area contributed by atoms with Crippen LogP contribution in [0.2, 0.25) is 5.02 Å². The summed E-state index contributed by atoms with van der Waals surface area (Å²) in [6.07, 6.45) is 1.18. The molecule has 2 N–H and O–H groups in total. The molecule has 0 heterocycles. The monoisotopic (exact) mass is 264 g/mol. The zero-order valence-corrected chi connectivity index (χ0v) is 10.0. The maximum Gasteiger partial charge on any atom is 0.154 e. The van der Waals surface area contributed by atoms with Gasteiger partial charge in [-0.1, -0.05) is 29.8 Å². The first kappa shape index (κ1) is 12.4. The van der Waals surface area contributed by atoms with E-state index in [4.69, 9.17) is 11.6 Å². The summed E-state index contributed by atoms with van der Waals surface area (Å²) in [5, 5.41) is 13.3. The molecule has 0 radical (unpaired) electrons. The van der Waals surface area contributed by atoms with Crippen LogP contribution in [0.1, 0.15) is 5.56 Å². The van der Waals surface area contributed by atoms with Crippen molar-refractivity contribution in [2.24, 2.45) is 5.10 Å². The zero-order valence-electron chi connectivity index (χ0n) is 9.27. The Balaban J connectivity index is 2.17. The topological polar surface area (TPSA) is 44.6 Å². The molecule has 0 aliphatic heterocycles. The van der Waals surface area contributed by atoms with Gasteiger partial charge in [-0.2, -0.15) is 5.10 Å². The summed E-state index contributed by atoms with van der Waals surface area (Å²) >= 11 is 5.61. The van der Waals surface area contributed by atoms with Crippen LogP contribution in [0.3, 0.4) is 0 Å². The van der Waals surface area contributed by atoms with Crippen molar-refractivity contribution >= 4 is 23.5 Å². The van der Waals surface area contributed by atoms with Gasteiger partial charge in [-0.05, 0) is 24.3 Å². The summed E-state index contributed by atoms with van der Waals surface area (Å²) in [7, 11) is 0. The number of benzene rings is 2. The quantitative estimate of drug-likeness (QED) is 0.657. The molecule has 92 valence electrons. The van der Waals surface area contributed by atoms with Crippen LogP contribution in [0.25, 0.3) is 0 Å². The molecular formula is C13H10ClFN2O. The number of para-hydroxylation sites is 1. The van der Waals surface area contributed by atoms with Crippen molar-refractivity contribution < 1.29 is 9.50 Å². The molecule has 0 bridgehead atoms. The number of nitrogens with zero attached hydrogens (tertiary/aromatic N) is 1. The third-order valence-corrected chi connectivity index (χ3v) is 2.56. The normalized spacial score (nSPS) is 10.8. The van der Waals surface area contributed by atoms with Gasteiger partial charge in [-0.15, -0.1) is 0 Å². The number of hydrogen-bond acceptors (Lipinski definition) is 3. The lowest BCUT2D eigenvalue weighted by molar-refractivity contribution is 0.468. The maximum absolute atomic E-state index is 13.6. The highest BCUT2D eigenvalue weighted by molar-refractivity contribution is 6.31. The molecule has 0 aromatic heterocycles. The van der Waals surface area contributed by atoms with Crippen molar-refractivity contribution in [2.75, 3.05) is 5.43 Å². The molecule has 0 saturated carbocycles.